The van der Waals surface area contributed by atoms with E-state index in [1.54, 1.807) is 0 Å². The van der Waals surface area contributed by atoms with Crippen molar-refractivity contribution in [3.63, 3.8) is 0 Å². The highest BCUT2D eigenvalue weighted by Gasteiger charge is 2.03. The lowest BCUT2D eigenvalue weighted by Crippen LogP contribution is -2.24. The second-order valence-electron chi connectivity index (χ2n) is 4.22. The van der Waals surface area contributed by atoms with Crippen molar-refractivity contribution in [2.24, 2.45) is 0 Å². The summed E-state index contributed by atoms with van der Waals surface area (Å²) in [6, 6.07) is 0. The Morgan fingerprint density at radius 2 is 1.88 bits per heavy atom. The van der Waals surface area contributed by atoms with E-state index in [2.05, 4.69) is 5.32 Å². The maximum atomic E-state index is 11.2. The fourth-order valence-corrected chi connectivity index (χ4v) is 1.26. The van der Waals surface area contributed by atoms with Gasteiger partial charge in [0.15, 0.2) is 0 Å². The first-order valence-corrected chi connectivity index (χ1v) is 6.12. The number of rotatable bonds is 10. The van der Waals surface area contributed by atoms with E-state index in [0.717, 1.165) is 12.8 Å². The van der Waals surface area contributed by atoms with Crippen LogP contribution in [-0.2, 0) is 14.3 Å². The molecule has 0 saturated carbocycles. The fraction of sp³-hybridized carbons (Fsp3) is 0.833. The minimum atomic E-state index is -0.858. The number of unbranched alkanes of at least 4 members (excludes halogenated alkanes) is 1. The van der Waals surface area contributed by atoms with Gasteiger partial charge in [-0.25, -0.2) is 0 Å². The van der Waals surface area contributed by atoms with E-state index in [-0.39, 0.29) is 24.9 Å². The van der Waals surface area contributed by atoms with E-state index in [9.17, 15) is 9.59 Å². The Bertz CT molecular complexity index is 229. The first-order valence-electron chi connectivity index (χ1n) is 6.12. The van der Waals surface area contributed by atoms with E-state index < -0.39 is 5.97 Å². The minimum Gasteiger partial charge on any atom is -0.481 e. The van der Waals surface area contributed by atoms with Gasteiger partial charge in [-0.3, -0.25) is 9.59 Å². The SMILES string of the molecule is CC(C)OCCCCNC(=O)CCCC(=O)O. The molecule has 5 heteroatoms. The molecule has 0 aliphatic rings. The van der Waals surface area contributed by atoms with Gasteiger partial charge in [0.05, 0.1) is 6.10 Å². The molecule has 0 spiro atoms. The monoisotopic (exact) mass is 245 g/mol. The molecule has 0 atom stereocenters. The van der Waals surface area contributed by atoms with Gasteiger partial charge in [-0.05, 0) is 33.1 Å². The van der Waals surface area contributed by atoms with Gasteiger partial charge in [0.25, 0.3) is 0 Å². The molecule has 17 heavy (non-hydrogen) atoms. The summed E-state index contributed by atoms with van der Waals surface area (Å²) in [5.74, 6) is -0.931. The Morgan fingerprint density at radius 3 is 2.47 bits per heavy atom. The van der Waals surface area contributed by atoms with Gasteiger partial charge in [0, 0.05) is 26.0 Å². The Balaban J connectivity index is 3.25. The van der Waals surface area contributed by atoms with E-state index in [4.69, 9.17) is 9.84 Å². The third-order valence-corrected chi connectivity index (χ3v) is 2.14. The average molecular weight is 245 g/mol. The van der Waals surface area contributed by atoms with E-state index >= 15 is 0 Å². The highest BCUT2D eigenvalue weighted by Crippen LogP contribution is 1.96. The quantitative estimate of drug-likeness (QED) is 0.573. The molecule has 5 nitrogen and oxygen atoms in total. The van der Waals surface area contributed by atoms with Crippen LogP contribution in [0.5, 0.6) is 0 Å². The van der Waals surface area contributed by atoms with Crippen molar-refractivity contribution < 1.29 is 19.4 Å². The Hall–Kier alpha value is -1.10. The second kappa shape index (κ2) is 10.1. The zero-order chi connectivity index (χ0) is 13.1. The Kier molecular flexibility index (Phi) is 9.43. The minimum absolute atomic E-state index is 0.0512. The predicted octanol–water partition coefficient (Wildman–Crippen LogP) is 1.56. The van der Waals surface area contributed by atoms with Gasteiger partial charge >= 0.3 is 5.97 Å². The number of aliphatic carboxylic acids is 1. The molecule has 2 N–H and O–H groups in total. The molecule has 0 heterocycles. The maximum absolute atomic E-state index is 11.2. The first-order chi connectivity index (χ1) is 8.02. The van der Waals surface area contributed by atoms with Crippen LogP contribution < -0.4 is 5.32 Å². The van der Waals surface area contributed by atoms with Crippen LogP contribution in [0.4, 0.5) is 0 Å². The molecule has 0 bridgehead atoms. The number of carboxylic acids is 1. The van der Waals surface area contributed by atoms with Gasteiger partial charge in [-0.2, -0.15) is 0 Å². The molecule has 0 aromatic rings. The molecule has 0 fully saturated rings. The summed E-state index contributed by atoms with van der Waals surface area (Å²) in [4.78, 5) is 21.5. The Morgan fingerprint density at radius 1 is 1.18 bits per heavy atom. The lowest BCUT2D eigenvalue weighted by Gasteiger charge is -2.07. The molecule has 0 aromatic heterocycles. The number of ether oxygens (including phenoxy) is 1. The van der Waals surface area contributed by atoms with Crippen molar-refractivity contribution >= 4 is 11.9 Å². The normalized spacial score (nSPS) is 10.5. The summed E-state index contributed by atoms with van der Waals surface area (Å²) >= 11 is 0. The van der Waals surface area contributed by atoms with Crippen molar-refractivity contribution in [1.29, 1.82) is 0 Å². The van der Waals surface area contributed by atoms with Gasteiger partial charge in [-0.15, -0.1) is 0 Å². The van der Waals surface area contributed by atoms with Crippen molar-refractivity contribution in [2.45, 2.75) is 52.1 Å². The van der Waals surface area contributed by atoms with E-state index in [1.165, 1.54) is 0 Å². The number of amides is 1. The molecule has 0 saturated heterocycles. The van der Waals surface area contributed by atoms with Crippen molar-refractivity contribution in [2.75, 3.05) is 13.2 Å². The molecular formula is C12H23NO4. The molecular weight excluding hydrogens is 222 g/mol. The largest absolute Gasteiger partial charge is 0.481 e. The summed E-state index contributed by atoms with van der Waals surface area (Å²) < 4.78 is 5.36. The predicted molar refractivity (Wildman–Crippen MR) is 64.8 cm³/mol. The number of hydrogen-bond acceptors (Lipinski definition) is 3. The van der Waals surface area contributed by atoms with Crippen molar-refractivity contribution in [3.05, 3.63) is 0 Å². The molecule has 0 radical (unpaired) electrons. The number of carbonyl (C=O) groups is 2. The third kappa shape index (κ3) is 12.8. The van der Waals surface area contributed by atoms with Gasteiger partial charge < -0.3 is 15.2 Å². The van der Waals surface area contributed by atoms with Crippen molar-refractivity contribution in [3.8, 4) is 0 Å². The second-order valence-corrected chi connectivity index (χ2v) is 4.22. The van der Waals surface area contributed by atoms with Crippen molar-refractivity contribution in [1.82, 2.24) is 5.32 Å². The van der Waals surface area contributed by atoms with Crippen LogP contribution in [0.25, 0.3) is 0 Å². The first kappa shape index (κ1) is 15.9. The standard InChI is InChI=1S/C12H23NO4/c1-10(2)17-9-4-3-8-13-11(14)6-5-7-12(15)16/h10H,3-9H2,1-2H3,(H,13,14)(H,15,16). The molecule has 0 aromatic carbocycles. The average Bonchev–Trinajstić information content (AvgIpc) is 2.22. The van der Waals surface area contributed by atoms with Crippen LogP contribution in [0.3, 0.4) is 0 Å². The van der Waals surface area contributed by atoms with Crippen LogP contribution in [0.15, 0.2) is 0 Å². The third-order valence-electron chi connectivity index (χ3n) is 2.14. The molecule has 0 aliphatic carbocycles. The molecule has 0 rings (SSSR count). The van der Waals surface area contributed by atoms with Gasteiger partial charge in [0.1, 0.15) is 0 Å². The van der Waals surface area contributed by atoms with E-state index in [1.807, 2.05) is 13.8 Å². The summed E-state index contributed by atoms with van der Waals surface area (Å²) in [7, 11) is 0. The van der Waals surface area contributed by atoms with Crippen LogP contribution in [0.2, 0.25) is 0 Å². The highest BCUT2D eigenvalue weighted by molar-refractivity contribution is 5.76. The highest BCUT2D eigenvalue weighted by atomic mass is 16.5. The lowest BCUT2D eigenvalue weighted by atomic mass is 10.2. The van der Waals surface area contributed by atoms with Gasteiger partial charge in [-0.1, -0.05) is 0 Å². The molecule has 0 unspecified atom stereocenters. The zero-order valence-corrected chi connectivity index (χ0v) is 10.7. The number of hydrogen-bond donors (Lipinski definition) is 2. The fourth-order valence-electron chi connectivity index (χ4n) is 1.26. The number of carboxylic acid groups (broad SMARTS) is 1. The van der Waals surface area contributed by atoms with Crippen LogP contribution in [-0.4, -0.2) is 36.2 Å². The molecule has 0 aliphatic heterocycles. The topological polar surface area (TPSA) is 75.6 Å². The summed E-state index contributed by atoms with van der Waals surface area (Å²) in [6.07, 6.45) is 2.80. The lowest BCUT2D eigenvalue weighted by molar-refractivity contribution is -0.137. The van der Waals surface area contributed by atoms with Gasteiger partial charge in [0.2, 0.25) is 5.91 Å². The molecule has 1 amide bonds. The van der Waals surface area contributed by atoms with Crippen LogP contribution in [0.1, 0.15) is 46.0 Å². The summed E-state index contributed by atoms with van der Waals surface area (Å²) in [5, 5.41) is 11.2. The number of carbonyl (C=O) groups excluding carboxylic acids is 1. The summed E-state index contributed by atoms with van der Waals surface area (Å²) in [5.41, 5.74) is 0. The maximum Gasteiger partial charge on any atom is 0.303 e. The Labute approximate surface area is 103 Å². The van der Waals surface area contributed by atoms with Crippen LogP contribution in [0, 0.1) is 0 Å². The van der Waals surface area contributed by atoms with Crippen LogP contribution >= 0.6 is 0 Å². The zero-order valence-electron chi connectivity index (χ0n) is 10.7. The van der Waals surface area contributed by atoms with E-state index in [0.29, 0.717) is 19.6 Å². The number of nitrogens with one attached hydrogen (secondary N) is 1. The summed E-state index contributed by atoms with van der Waals surface area (Å²) in [6.45, 7) is 5.33. The smallest absolute Gasteiger partial charge is 0.303 e. The molecule has 100 valence electrons.